The van der Waals surface area contributed by atoms with E-state index in [1.807, 2.05) is 25.5 Å². The fourth-order valence-electron chi connectivity index (χ4n) is 3.63. The topological polar surface area (TPSA) is 59.8 Å². The molecule has 148 valence electrons. The quantitative estimate of drug-likeness (QED) is 0.687. The molecule has 5 nitrogen and oxygen atoms in total. The normalized spacial score (nSPS) is 12.4. The predicted molar refractivity (Wildman–Crippen MR) is 114 cm³/mol. The van der Waals surface area contributed by atoms with Crippen molar-refractivity contribution in [2.45, 2.75) is 66.8 Å². The molecule has 1 amide bonds. The molecular weight excluding hydrogens is 348 g/mol. The van der Waals surface area contributed by atoms with Crippen molar-refractivity contribution < 1.29 is 4.79 Å². The SMILES string of the molecule is CC[C@H](C)NC(=O)CCc1c(C)nc2c(c(C)nn2-c2ccc(C)cc2)c1C. The molecule has 0 spiro atoms. The van der Waals surface area contributed by atoms with Gasteiger partial charge >= 0.3 is 0 Å². The first-order valence-corrected chi connectivity index (χ1v) is 10.0. The van der Waals surface area contributed by atoms with Gasteiger partial charge in [-0.2, -0.15) is 5.10 Å². The standard InChI is InChI=1S/C23H30N4O/c1-7-15(3)24-21(28)13-12-20-16(4)22-18(6)26-27(23(22)25-17(20)5)19-10-8-14(2)9-11-19/h8-11,15H,7,12-13H2,1-6H3,(H,24,28)/t15-/m0/s1. The summed E-state index contributed by atoms with van der Waals surface area (Å²) in [5, 5.41) is 8.88. The Bertz CT molecular complexity index is 1000. The largest absolute Gasteiger partial charge is 0.354 e. The van der Waals surface area contributed by atoms with E-state index in [0.717, 1.165) is 40.1 Å². The van der Waals surface area contributed by atoms with E-state index in [4.69, 9.17) is 10.1 Å². The molecule has 0 saturated carbocycles. The van der Waals surface area contributed by atoms with Crippen molar-refractivity contribution in [1.29, 1.82) is 0 Å². The van der Waals surface area contributed by atoms with E-state index in [2.05, 4.69) is 50.4 Å². The molecule has 0 aliphatic heterocycles. The summed E-state index contributed by atoms with van der Waals surface area (Å²) in [6, 6.07) is 8.52. The molecule has 0 aliphatic rings. The van der Waals surface area contributed by atoms with Gasteiger partial charge in [0.15, 0.2) is 5.65 Å². The van der Waals surface area contributed by atoms with Crippen LogP contribution in [-0.2, 0) is 11.2 Å². The van der Waals surface area contributed by atoms with Crippen LogP contribution < -0.4 is 5.32 Å². The van der Waals surface area contributed by atoms with Crippen LogP contribution in [0.5, 0.6) is 0 Å². The van der Waals surface area contributed by atoms with Gasteiger partial charge in [0, 0.05) is 23.5 Å². The first-order chi connectivity index (χ1) is 13.3. The molecule has 28 heavy (non-hydrogen) atoms. The third kappa shape index (κ3) is 3.93. The fraction of sp³-hybridized carbons (Fsp3) is 0.435. The lowest BCUT2D eigenvalue weighted by atomic mass is 9.99. The third-order valence-corrected chi connectivity index (χ3v) is 5.47. The maximum atomic E-state index is 12.2. The van der Waals surface area contributed by atoms with Crippen LogP contribution in [0.25, 0.3) is 16.7 Å². The Morgan fingerprint density at radius 3 is 2.43 bits per heavy atom. The van der Waals surface area contributed by atoms with Crippen LogP contribution in [0.3, 0.4) is 0 Å². The summed E-state index contributed by atoms with van der Waals surface area (Å²) in [7, 11) is 0. The molecule has 0 aliphatic carbocycles. The molecule has 1 atom stereocenters. The number of carbonyl (C=O) groups is 1. The summed E-state index contributed by atoms with van der Waals surface area (Å²) in [6.07, 6.45) is 2.11. The van der Waals surface area contributed by atoms with Gasteiger partial charge in [0.05, 0.1) is 11.4 Å². The van der Waals surface area contributed by atoms with Crippen molar-refractivity contribution in [1.82, 2.24) is 20.1 Å². The number of hydrogen-bond acceptors (Lipinski definition) is 3. The van der Waals surface area contributed by atoms with Gasteiger partial charge in [-0.25, -0.2) is 9.67 Å². The first kappa shape index (κ1) is 20.1. The minimum absolute atomic E-state index is 0.0975. The van der Waals surface area contributed by atoms with Crippen LogP contribution >= 0.6 is 0 Å². The van der Waals surface area contributed by atoms with Crippen LogP contribution in [0.2, 0.25) is 0 Å². The van der Waals surface area contributed by atoms with E-state index in [0.29, 0.717) is 12.8 Å². The highest BCUT2D eigenvalue weighted by Gasteiger charge is 2.18. The lowest BCUT2D eigenvalue weighted by Gasteiger charge is -2.14. The molecule has 1 N–H and O–H groups in total. The number of amides is 1. The lowest BCUT2D eigenvalue weighted by Crippen LogP contribution is -2.32. The molecule has 1 aromatic carbocycles. The highest BCUT2D eigenvalue weighted by atomic mass is 16.1. The van der Waals surface area contributed by atoms with Crippen LogP contribution in [0, 0.1) is 27.7 Å². The zero-order chi connectivity index (χ0) is 20.4. The summed E-state index contributed by atoms with van der Waals surface area (Å²) in [4.78, 5) is 17.1. The molecule has 0 bridgehead atoms. The van der Waals surface area contributed by atoms with Crippen molar-refractivity contribution in [2.75, 3.05) is 0 Å². The number of nitrogens with one attached hydrogen (secondary N) is 1. The van der Waals surface area contributed by atoms with Crippen molar-refractivity contribution >= 4 is 16.9 Å². The number of nitrogens with zero attached hydrogens (tertiary/aromatic N) is 3. The number of pyridine rings is 1. The molecule has 3 rings (SSSR count). The van der Waals surface area contributed by atoms with Crippen molar-refractivity contribution in [3.63, 3.8) is 0 Å². The van der Waals surface area contributed by atoms with Crippen LogP contribution in [0.15, 0.2) is 24.3 Å². The number of rotatable bonds is 6. The Hall–Kier alpha value is -2.69. The van der Waals surface area contributed by atoms with Crippen molar-refractivity contribution in [2.24, 2.45) is 0 Å². The van der Waals surface area contributed by atoms with Crippen molar-refractivity contribution in [3.05, 3.63) is 52.3 Å². The molecule has 5 heteroatoms. The van der Waals surface area contributed by atoms with Gasteiger partial charge in [0.1, 0.15) is 0 Å². The average Bonchev–Trinajstić information content (AvgIpc) is 2.98. The van der Waals surface area contributed by atoms with Gasteiger partial charge in [0.25, 0.3) is 0 Å². The third-order valence-electron chi connectivity index (χ3n) is 5.47. The second kappa shape index (κ2) is 8.13. The maximum Gasteiger partial charge on any atom is 0.220 e. The number of benzene rings is 1. The van der Waals surface area contributed by atoms with Gasteiger partial charge in [-0.05, 0) is 70.7 Å². The minimum atomic E-state index is 0.0975. The number of hydrogen-bond donors (Lipinski definition) is 1. The van der Waals surface area contributed by atoms with E-state index in [1.54, 1.807) is 0 Å². The Balaban J connectivity index is 1.96. The summed E-state index contributed by atoms with van der Waals surface area (Å²) >= 11 is 0. The van der Waals surface area contributed by atoms with Gasteiger partial charge in [-0.1, -0.05) is 24.6 Å². The smallest absolute Gasteiger partial charge is 0.220 e. The molecule has 2 aromatic heterocycles. The van der Waals surface area contributed by atoms with Crippen LogP contribution in [0.1, 0.15) is 54.8 Å². The summed E-state index contributed by atoms with van der Waals surface area (Å²) in [6.45, 7) is 12.3. The zero-order valence-corrected chi connectivity index (χ0v) is 17.8. The first-order valence-electron chi connectivity index (χ1n) is 10.0. The molecule has 3 aromatic rings. The maximum absolute atomic E-state index is 12.2. The zero-order valence-electron chi connectivity index (χ0n) is 17.8. The summed E-state index contributed by atoms with van der Waals surface area (Å²) in [5.74, 6) is 0.0975. The number of carbonyl (C=O) groups excluding carboxylic acids is 1. The Labute approximate surface area is 167 Å². The predicted octanol–water partition coefficient (Wildman–Crippen LogP) is 4.50. The van der Waals surface area contributed by atoms with E-state index in [-0.39, 0.29) is 11.9 Å². The number of aryl methyl sites for hydroxylation is 4. The molecule has 0 unspecified atom stereocenters. The number of fused-ring (bicyclic) bond motifs is 1. The molecule has 2 heterocycles. The van der Waals surface area contributed by atoms with Gasteiger partial charge in [-0.15, -0.1) is 0 Å². The van der Waals surface area contributed by atoms with E-state index in [9.17, 15) is 4.79 Å². The molecule has 0 fully saturated rings. The van der Waals surface area contributed by atoms with Gasteiger partial charge in [-0.3, -0.25) is 4.79 Å². The lowest BCUT2D eigenvalue weighted by molar-refractivity contribution is -0.121. The van der Waals surface area contributed by atoms with Crippen LogP contribution in [-0.4, -0.2) is 26.7 Å². The summed E-state index contributed by atoms with van der Waals surface area (Å²) < 4.78 is 1.92. The monoisotopic (exact) mass is 378 g/mol. The highest BCUT2D eigenvalue weighted by Crippen LogP contribution is 2.28. The van der Waals surface area contributed by atoms with Crippen molar-refractivity contribution in [3.8, 4) is 5.69 Å². The minimum Gasteiger partial charge on any atom is -0.354 e. The van der Waals surface area contributed by atoms with Gasteiger partial charge in [0.2, 0.25) is 5.91 Å². The van der Waals surface area contributed by atoms with Crippen LogP contribution in [0.4, 0.5) is 0 Å². The van der Waals surface area contributed by atoms with E-state index in [1.165, 1.54) is 11.1 Å². The van der Waals surface area contributed by atoms with E-state index < -0.39 is 0 Å². The average molecular weight is 379 g/mol. The molecule has 0 saturated heterocycles. The second-order valence-electron chi connectivity index (χ2n) is 7.71. The summed E-state index contributed by atoms with van der Waals surface area (Å²) in [5.41, 5.74) is 7.36. The second-order valence-corrected chi connectivity index (χ2v) is 7.71. The Morgan fingerprint density at radius 1 is 1.11 bits per heavy atom. The molecule has 0 radical (unpaired) electrons. The van der Waals surface area contributed by atoms with Gasteiger partial charge < -0.3 is 5.32 Å². The molecular formula is C23H30N4O. The highest BCUT2D eigenvalue weighted by molar-refractivity contribution is 5.85. The Morgan fingerprint density at radius 2 is 1.79 bits per heavy atom. The Kier molecular flexibility index (Phi) is 5.82. The van der Waals surface area contributed by atoms with E-state index >= 15 is 0 Å². The fourth-order valence-corrected chi connectivity index (χ4v) is 3.63. The number of aromatic nitrogens is 3.